The van der Waals surface area contributed by atoms with Crippen LogP contribution >= 0.6 is 0 Å². The standard InChI is InChI=1S/C23H28N4O2.CH4/c1-27-11-8-18(9-12-27)29-22-4-2-3-21(20(22)15-28)26-14-16-5-6-19-17(13-16)7-10-25-23(19)24;/h2-7,10,13,18,26,28H,8-9,11-12,14-15H2,1H3,(H2,24,25);1H4. The monoisotopic (exact) mass is 408 g/mol. The predicted octanol–water partition coefficient (Wildman–Crippen LogP) is 4.03. The Morgan fingerprint density at radius 2 is 2.00 bits per heavy atom. The maximum Gasteiger partial charge on any atom is 0.131 e. The SMILES string of the molecule is C.CN1CCC(Oc2cccc(NCc3ccc4c(N)nccc4c3)c2CO)CC1. The quantitative estimate of drug-likeness (QED) is 0.571. The van der Waals surface area contributed by atoms with E-state index in [4.69, 9.17) is 10.5 Å². The first-order chi connectivity index (χ1) is 14.1. The van der Waals surface area contributed by atoms with Gasteiger partial charge in [0.2, 0.25) is 0 Å². The van der Waals surface area contributed by atoms with Crippen LogP contribution in [0.15, 0.2) is 48.7 Å². The van der Waals surface area contributed by atoms with Crippen LogP contribution in [-0.2, 0) is 13.2 Å². The molecule has 0 spiro atoms. The number of aliphatic hydroxyl groups is 1. The molecule has 1 aliphatic rings. The van der Waals surface area contributed by atoms with Crippen molar-refractivity contribution in [3.05, 3.63) is 59.8 Å². The average molecular weight is 409 g/mol. The minimum atomic E-state index is -0.0644. The van der Waals surface area contributed by atoms with Gasteiger partial charge in [0.15, 0.2) is 0 Å². The molecule has 160 valence electrons. The molecular formula is C24H32N4O2. The number of piperidine rings is 1. The maximum absolute atomic E-state index is 9.99. The molecule has 4 N–H and O–H groups in total. The second kappa shape index (κ2) is 9.78. The largest absolute Gasteiger partial charge is 0.490 e. The first-order valence-electron chi connectivity index (χ1n) is 10.1. The molecule has 0 saturated carbocycles. The zero-order chi connectivity index (χ0) is 20.2. The summed E-state index contributed by atoms with van der Waals surface area (Å²) in [5.41, 5.74) is 8.77. The summed E-state index contributed by atoms with van der Waals surface area (Å²) in [5.74, 6) is 1.31. The van der Waals surface area contributed by atoms with Crippen LogP contribution in [0.2, 0.25) is 0 Å². The summed E-state index contributed by atoms with van der Waals surface area (Å²) < 4.78 is 6.24. The van der Waals surface area contributed by atoms with E-state index in [-0.39, 0.29) is 20.1 Å². The number of rotatable bonds is 6. The maximum atomic E-state index is 9.99. The van der Waals surface area contributed by atoms with Crippen LogP contribution in [0.25, 0.3) is 10.8 Å². The third-order valence-electron chi connectivity index (χ3n) is 5.59. The highest BCUT2D eigenvalue weighted by molar-refractivity contribution is 5.91. The fraction of sp³-hybridized carbons (Fsp3) is 0.375. The summed E-state index contributed by atoms with van der Waals surface area (Å²) in [5, 5.41) is 15.5. The fourth-order valence-corrected chi connectivity index (χ4v) is 3.85. The summed E-state index contributed by atoms with van der Waals surface area (Å²) in [6, 6.07) is 14.0. The number of hydrogen-bond donors (Lipinski definition) is 3. The van der Waals surface area contributed by atoms with E-state index in [2.05, 4.69) is 28.3 Å². The number of anilines is 2. The van der Waals surface area contributed by atoms with Gasteiger partial charge in [-0.2, -0.15) is 0 Å². The van der Waals surface area contributed by atoms with E-state index in [0.717, 1.165) is 59.3 Å². The number of nitrogen functional groups attached to an aromatic ring is 1. The molecular weight excluding hydrogens is 376 g/mol. The first kappa shape index (κ1) is 21.9. The zero-order valence-corrected chi connectivity index (χ0v) is 16.8. The van der Waals surface area contributed by atoms with Gasteiger partial charge in [0, 0.05) is 42.5 Å². The van der Waals surface area contributed by atoms with Crippen molar-refractivity contribution in [1.29, 1.82) is 0 Å². The van der Waals surface area contributed by atoms with Gasteiger partial charge >= 0.3 is 0 Å². The van der Waals surface area contributed by atoms with E-state index in [1.165, 1.54) is 0 Å². The Morgan fingerprint density at radius 3 is 2.77 bits per heavy atom. The van der Waals surface area contributed by atoms with Crippen molar-refractivity contribution < 1.29 is 9.84 Å². The number of hydrogen-bond acceptors (Lipinski definition) is 6. The summed E-state index contributed by atoms with van der Waals surface area (Å²) >= 11 is 0. The van der Waals surface area contributed by atoms with Gasteiger partial charge in [-0.05, 0) is 55.1 Å². The van der Waals surface area contributed by atoms with Crippen molar-refractivity contribution in [2.75, 3.05) is 31.2 Å². The van der Waals surface area contributed by atoms with Crippen molar-refractivity contribution in [1.82, 2.24) is 9.88 Å². The molecule has 1 fully saturated rings. The number of likely N-dealkylation sites (tertiary alicyclic amines) is 1. The van der Waals surface area contributed by atoms with Gasteiger partial charge in [0.1, 0.15) is 17.7 Å². The summed E-state index contributed by atoms with van der Waals surface area (Å²) in [4.78, 5) is 6.45. The molecule has 2 heterocycles. The van der Waals surface area contributed by atoms with Crippen molar-refractivity contribution in [2.45, 2.75) is 39.5 Å². The lowest BCUT2D eigenvalue weighted by atomic mass is 10.1. The van der Waals surface area contributed by atoms with E-state index in [0.29, 0.717) is 12.4 Å². The molecule has 3 aromatic rings. The Kier molecular flexibility index (Phi) is 7.13. The van der Waals surface area contributed by atoms with Gasteiger partial charge in [-0.1, -0.05) is 25.6 Å². The highest BCUT2D eigenvalue weighted by atomic mass is 16.5. The van der Waals surface area contributed by atoms with E-state index >= 15 is 0 Å². The molecule has 6 heteroatoms. The third kappa shape index (κ3) is 4.83. The van der Waals surface area contributed by atoms with Gasteiger partial charge < -0.3 is 25.8 Å². The Hall–Kier alpha value is -2.83. The average Bonchev–Trinajstić information content (AvgIpc) is 2.74. The normalized spacial score (nSPS) is 15.0. The Balaban J connectivity index is 0.00000256. The van der Waals surface area contributed by atoms with Crippen LogP contribution < -0.4 is 15.8 Å². The third-order valence-corrected chi connectivity index (χ3v) is 5.59. The van der Waals surface area contributed by atoms with Crippen molar-refractivity contribution in [2.24, 2.45) is 0 Å². The molecule has 0 bridgehead atoms. The molecule has 2 aromatic carbocycles. The van der Waals surface area contributed by atoms with Crippen LogP contribution in [0, 0.1) is 0 Å². The molecule has 0 atom stereocenters. The second-order valence-corrected chi connectivity index (χ2v) is 7.67. The van der Waals surface area contributed by atoms with E-state index < -0.39 is 0 Å². The van der Waals surface area contributed by atoms with Crippen LogP contribution in [0.1, 0.15) is 31.4 Å². The van der Waals surface area contributed by atoms with Crippen molar-refractivity contribution in [3.8, 4) is 5.75 Å². The molecule has 1 aromatic heterocycles. The molecule has 0 radical (unpaired) electrons. The minimum absolute atomic E-state index is 0. The number of benzene rings is 2. The number of aliphatic hydroxyl groups excluding tert-OH is 1. The topological polar surface area (TPSA) is 83.6 Å². The number of aromatic nitrogens is 1. The molecule has 0 amide bonds. The Labute approximate surface area is 178 Å². The summed E-state index contributed by atoms with van der Waals surface area (Å²) in [6.45, 7) is 2.66. The highest BCUT2D eigenvalue weighted by Crippen LogP contribution is 2.30. The van der Waals surface area contributed by atoms with Crippen LogP contribution in [0.5, 0.6) is 5.75 Å². The molecule has 1 aliphatic heterocycles. The number of nitrogens with one attached hydrogen (secondary N) is 1. The lowest BCUT2D eigenvalue weighted by Gasteiger charge is -2.30. The van der Waals surface area contributed by atoms with E-state index in [9.17, 15) is 5.11 Å². The molecule has 0 aliphatic carbocycles. The molecule has 0 unspecified atom stereocenters. The first-order valence-corrected chi connectivity index (χ1v) is 10.1. The van der Waals surface area contributed by atoms with Crippen LogP contribution in [0.3, 0.4) is 0 Å². The highest BCUT2D eigenvalue weighted by Gasteiger charge is 2.20. The number of nitrogens with two attached hydrogens (primary N) is 1. The predicted molar refractivity (Wildman–Crippen MR) is 124 cm³/mol. The number of pyridine rings is 1. The molecule has 30 heavy (non-hydrogen) atoms. The van der Waals surface area contributed by atoms with Crippen LogP contribution in [-0.4, -0.2) is 41.2 Å². The summed E-state index contributed by atoms with van der Waals surface area (Å²) in [6.07, 6.45) is 3.94. The number of nitrogens with zero attached hydrogens (tertiary/aromatic N) is 2. The van der Waals surface area contributed by atoms with Crippen molar-refractivity contribution >= 4 is 22.3 Å². The lowest BCUT2D eigenvalue weighted by molar-refractivity contribution is 0.111. The molecule has 1 saturated heterocycles. The smallest absolute Gasteiger partial charge is 0.131 e. The number of ether oxygens (including phenoxy) is 1. The Bertz CT molecular complexity index is 984. The fourth-order valence-electron chi connectivity index (χ4n) is 3.85. The minimum Gasteiger partial charge on any atom is -0.490 e. The van der Waals surface area contributed by atoms with Crippen molar-refractivity contribution in [3.63, 3.8) is 0 Å². The second-order valence-electron chi connectivity index (χ2n) is 7.67. The molecule has 6 nitrogen and oxygen atoms in total. The lowest BCUT2D eigenvalue weighted by Crippen LogP contribution is -2.35. The van der Waals surface area contributed by atoms with E-state index in [1.54, 1.807) is 6.20 Å². The number of fused-ring (bicyclic) bond motifs is 1. The molecule has 4 rings (SSSR count). The van der Waals surface area contributed by atoms with Crippen LogP contribution in [0.4, 0.5) is 11.5 Å². The zero-order valence-electron chi connectivity index (χ0n) is 16.8. The van der Waals surface area contributed by atoms with Gasteiger partial charge in [-0.25, -0.2) is 4.98 Å². The summed E-state index contributed by atoms with van der Waals surface area (Å²) in [7, 11) is 2.14. The van der Waals surface area contributed by atoms with Gasteiger partial charge in [-0.15, -0.1) is 0 Å². The van der Waals surface area contributed by atoms with Gasteiger partial charge in [0.25, 0.3) is 0 Å². The van der Waals surface area contributed by atoms with E-state index in [1.807, 2.05) is 36.4 Å². The van der Waals surface area contributed by atoms with Gasteiger partial charge in [-0.3, -0.25) is 0 Å². The Morgan fingerprint density at radius 1 is 1.20 bits per heavy atom. The van der Waals surface area contributed by atoms with Gasteiger partial charge in [0.05, 0.1) is 6.61 Å².